The van der Waals surface area contributed by atoms with Crippen LogP contribution in [0.25, 0.3) is 0 Å². The van der Waals surface area contributed by atoms with Crippen molar-refractivity contribution in [2.75, 3.05) is 0 Å². The van der Waals surface area contributed by atoms with E-state index in [4.69, 9.17) is 0 Å². The van der Waals surface area contributed by atoms with Crippen LogP contribution in [-0.4, -0.2) is 39.2 Å². The van der Waals surface area contributed by atoms with E-state index in [2.05, 4.69) is 13.8 Å². The first-order valence-corrected chi connectivity index (χ1v) is 9.08. The fraction of sp³-hybridized carbons (Fsp3) is 0.364. The van der Waals surface area contributed by atoms with Gasteiger partial charge in [-0.25, -0.2) is 0 Å². The van der Waals surface area contributed by atoms with E-state index in [-0.39, 0.29) is 38.4 Å². The molecule has 0 bridgehead atoms. The summed E-state index contributed by atoms with van der Waals surface area (Å²) in [6.07, 6.45) is 6.63. The summed E-state index contributed by atoms with van der Waals surface area (Å²) in [5, 5.41) is 20.8. The van der Waals surface area contributed by atoms with Crippen molar-refractivity contribution in [2.45, 2.75) is 52.4 Å². The van der Waals surface area contributed by atoms with Crippen molar-refractivity contribution < 1.29 is 19.8 Å². The van der Waals surface area contributed by atoms with Crippen molar-refractivity contribution in [1.82, 2.24) is 0 Å². The third-order valence-corrected chi connectivity index (χ3v) is 4.02. The first-order chi connectivity index (χ1) is 12.5. The molecule has 0 aliphatic heterocycles. The number of unbranched alkanes of at least 4 members (excludes halogenated alkanes) is 2. The number of hydrogen-bond donors (Lipinski definition) is 0. The Balaban J connectivity index is 0.000000483. The van der Waals surface area contributed by atoms with E-state index in [0.29, 0.717) is 0 Å². The number of carbonyl (C=O) groups excluding carboxylic acids is 2. The number of aromatic carboxylic acids is 2. The van der Waals surface area contributed by atoms with E-state index < -0.39 is 11.9 Å². The van der Waals surface area contributed by atoms with Crippen molar-refractivity contribution in [3.05, 3.63) is 70.8 Å². The van der Waals surface area contributed by atoms with E-state index >= 15 is 0 Å². The molecule has 5 heteroatoms. The van der Waals surface area contributed by atoms with Crippen LogP contribution in [0.1, 0.15) is 71.4 Å². The zero-order chi connectivity index (χ0) is 19.4. The monoisotopic (exact) mass is 562 g/mol. The minimum absolute atomic E-state index is 0. The maximum Gasteiger partial charge on any atom is 2.00 e. The number of carboxylic acid groups (broad SMARTS) is 2. The predicted octanol–water partition coefficient (Wildman–Crippen LogP) is 2.40. The molecule has 4 nitrogen and oxygen atoms in total. The van der Waals surface area contributed by atoms with Gasteiger partial charge >= 0.3 is 27.3 Å². The SMILES string of the molecule is CCCCc1ccc(C(=O)[O-])cc1.CCCCc1ccc(C(=O)[O-])cc1.[Pb+2]. The minimum atomic E-state index is -1.11. The summed E-state index contributed by atoms with van der Waals surface area (Å²) in [5.74, 6) is -2.22. The molecule has 0 saturated heterocycles. The molecule has 0 unspecified atom stereocenters. The summed E-state index contributed by atoms with van der Waals surface area (Å²) < 4.78 is 0. The summed E-state index contributed by atoms with van der Waals surface area (Å²) in [6.45, 7) is 4.27. The third-order valence-electron chi connectivity index (χ3n) is 4.02. The number of aryl methyl sites for hydroxylation is 2. The van der Waals surface area contributed by atoms with Crippen LogP contribution >= 0.6 is 0 Å². The molecule has 0 spiro atoms. The molecule has 27 heavy (non-hydrogen) atoms. The molecule has 0 saturated carbocycles. The van der Waals surface area contributed by atoms with Crippen LogP contribution < -0.4 is 10.2 Å². The van der Waals surface area contributed by atoms with Crippen LogP contribution in [0.5, 0.6) is 0 Å². The minimum Gasteiger partial charge on any atom is -0.545 e. The Morgan fingerprint density at radius 3 is 1.19 bits per heavy atom. The molecule has 0 aliphatic rings. The normalized spacial score (nSPS) is 9.56. The molecular weight excluding hydrogens is 535 g/mol. The molecule has 0 amide bonds. The van der Waals surface area contributed by atoms with Crippen molar-refractivity contribution >= 4 is 39.2 Å². The summed E-state index contributed by atoms with van der Waals surface area (Å²) in [6, 6.07) is 13.8. The van der Waals surface area contributed by atoms with Gasteiger partial charge in [-0.3, -0.25) is 0 Å². The number of hydrogen-bond acceptors (Lipinski definition) is 4. The largest absolute Gasteiger partial charge is 2.00 e. The topological polar surface area (TPSA) is 80.3 Å². The van der Waals surface area contributed by atoms with Gasteiger partial charge in [-0.05, 0) is 47.9 Å². The van der Waals surface area contributed by atoms with Gasteiger partial charge in [-0.15, -0.1) is 0 Å². The van der Waals surface area contributed by atoms with Gasteiger partial charge < -0.3 is 19.8 Å². The molecule has 2 rings (SSSR count). The van der Waals surface area contributed by atoms with Gasteiger partial charge in [0, 0.05) is 0 Å². The molecular formula is C22H26O4Pb. The summed E-state index contributed by atoms with van der Waals surface area (Å²) in [7, 11) is 0. The second kappa shape index (κ2) is 14.4. The van der Waals surface area contributed by atoms with Crippen LogP contribution in [0.4, 0.5) is 0 Å². The Kier molecular flexibility index (Phi) is 13.5. The Hall–Kier alpha value is -1.70. The molecule has 0 aliphatic carbocycles. The van der Waals surface area contributed by atoms with Gasteiger partial charge in [-0.1, -0.05) is 75.2 Å². The summed E-state index contributed by atoms with van der Waals surface area (Å²) >= 11 is 0. The average Bonchev–Trinajstić information content (AvgIpc) is 2.66. The number of carboxylic acids is 2. The molecule has 2 aromatic carbocycles. The third kappa shape index (κ3) is 10.3. The van der Waals surface area contributed by atoms with Crippen molar-refractivity contribution in [3.63, 3.8) is 0 Å². The predicted molar refractivity (Wildman–Crippen MR) is 105 cm³/mol. The fourth-order valence-corrected chi connectivity index (χ4v) is 2.38. The van der Waals surface area contributed by atoms with Gasteiger partial charge in [0.15, 0.2) is 0 Å². The van der Waals surface area contributed by atoms with Crippen LogP contribution in [0.3, 0.4) is 0 Å². The molecule has 2 radical (unpaired) electrons. The van der Waals surface area contributed by atoms with E-state index in [1.165, 1.54) is 11.1 Å². The standard InChI is InChI=1S/2C11H14O2.Pb/c2*1-2-3-4-9-5-7-10(8-6-9)11(12)13;/h2*5-8H,2-4H2,1H3,(H,12,13);/q;;+2/p-2. The Labute approximate surface area is 181 Å². The number of benzene rings is 2. The van der Waals surface area contributed by atoms with Crippen LogP contribution in [0.15, 0.2) is 48.5 Å². The second-order valence-corrected chi connectivity index (χ2v) is 6.18. The van der Waals surface area contributed by atoms with Crippen LogP contribution in [0.2, 0.25) is 0 Å². The van der Waals surface area contributed by atoms with Crippen LogP contribution in [-0.2, 0) is 12.8 Å². The first kappa shape index (κ1) is 25.3. The fourth-order valence-electron chi connectivity index (χ4n) is 2.38. The van der Waals surface area contributed by atoms with Gasteiger partial charge in [0.05, 0.1) is 11.9 Å². The van der Waals surface area contributed by atoms with Gasteiger partial charge in [-0.2, -0.15) is 0 Å². The molecule has 2 aromatic rings. The smallest absolute Gasteiger partial charge is 0.545 e. The van der Waals surface area contributed by atoms with Gasteiger partial charge in [0.2, 0.25) is 0 Å². The maximum absolute atomic E-state index is 10.4. The van der Waals surface area contributed by atoms with Crippen LogP contribution in [0, 0.1) is 0 Å². The number of carbonyl (C=O) groups is 2. The Morgan fingerprint density at radius 2 is 0.963 bits per heavy atom. The van der Waals surface area contributed by atoms with E-state index in [1.807, 2.05) is 24.3 Å². The zero-order valence-corrected chi connectivity index (χ0v) is 19.9. The van der Waals surface area contributed by atoms with Gasteiger partial charge in [0.1, 0.15) is 0 Å². The average molecular weight is 562 g/mol. The maximum atomic E-state index is 10.4. The van der Waals surface area contributed by atoms with E-state index in [0.717, 1.165) is 38.5 Å². The summed E-state index contributed by atoms with van der Waals surface area (Å²) in [5.41, 5.74) is 2.87. The molecule has 142 valence electrons. The summed E-state index contributed by atoms with van der Waals surface area (Å²) in [4.78, 5) is 20.8. The Morgan fingerprint density at radius 1 is 0.667 bits per heavy atom. The second-order valence-electron chi connectivity index (χ2n) is 6.18. The molecule has 0 fully saturated rings. The molecule has 0 atom stereocenters. The first-order valence-electron chi connectivity index (χ1n) is 9.08. The van der Waals surface area contributed by atoms with E-state index in [1.54, 1.807) is 24.3 Å². The molecule has 0 heterocycles. The van der Waals surface area contributed by atoms with E-state index in [9.17, 15) is 19.8 Å². The number of rotatable bonds is 8. The quantitative estimate of drug-likeness (QED) is 0.464. The van der Waals surface area contributed by atoms with Crippen molar-refractivity contribution in [2.24, 2.45) is 0 Å². The molecule has 0 N–H and O–H groups in total. The Bertz CT molecular complexity index is 617. The van der Waals surface area contributed by atoms with Crippen molar-refractivity contribution in [3.8, 4) is 0 Å². The molecule has 0 aromatic heterocycles. The van der Waals surface area contributed by atoms with Gasteiger partial charge in [0.25, 0.3) is 0 Å². The van der Waals surface area contributed by atoms with Crippen molar-refractivity contribution in [1.29, 1.82) is 0 Å². The zero-order valence-electron chi connectivity index (χ0n) is 16.0.